The molecule has 2 aromatic rings. The number of hydrogen-bond acceptors (Lipinski definition) is 4. The molecule has 3 rings (SSSR count). The van der Waals surface area contributed by atoms with Crippen molar-refractivity contribution in [2.45, 2.75) is 19.5 Å². The predicted molar refractivity (Wildman–Crippen MR) is 77.1 cm³/mol. The molecule has 2 heterocycles. The average Bonchev–Trinajstić information content (AvgIpc) is 2.94. The van der Waals surface area contributed by atoms with Gasteiger partial charge in [-0.1, -0.05) is 17.7 Å². The van der Waals surface area contributed by atoms with Crippen LogP contribution in [0, 0.1) is 0 Å². The maximum absolute atomic E-state index is 6.16. The molecule has 1 aromatic carbocycles. The van der Waals surface area contributed by atoms with E-state index in [2.05, 4.69) is 17.2 Å². The summed E-state index contributed by atoms with van der Waals surface area (Å²) in [7, 11) is 0. The van der Waals surface area contributed by atoms with E-state index in [0.717, 1.165) is 11.3 Å². The molecule has 4 nitrogen and oxygen atoms in total. The molecule has 0 amide bonds. The fourth-order valence-corrected chi connectivity index (χ4v) is 2.42. The van der Waals surface area contributed by atoms with Crippen LogP contribution in [0.1, 0.15) is 24.2 Å². The minimum Gasteiger partial charge on any atom is -0.454 e. The maximum Gasteiger partial charge on any atom is 0.231 e. The molecule has 0 spiro atoms. The minimum absolute atomic E-state index is 0.167. The molecular formula is C15H15ClN2O2. The molecule has 1 atom stereocenters. The second-order valence-electron chi connectivity index (χ2n) is 4.67. The summed E-state index contributed by atoms with van der Waals surface area (Å²) in [6.07, 6.45) is 1.80. The first-order valence-corrected chi connectivity index (χ1v) is 6.84. The summed E-state index contributed by atoms with van der Waals surface area (Å²) in [5.74, 6) is 1.34. The molecule has 0 saturated carbocycles. The lowest BCUT2D eigenvalue weighted by Gasteiger charge is -2.13. The van der Waals surface area contributed by atoms with Gasteiger partial charge in [-0.05, 0) is 36.8 Å². The monoisotopic (exact) mass is 290 g/mol. The van der Waals surface area contributed by atoms with Crippen molar-refractivity contribution in [3.63, 3.8) is 0 Å². The number of pyridine rings is 1. The van der Waals surface area contributed by atoms with Crippen molar-refractivity contribution in [1.82, 2.24) is 10.3 Å². The summed E-state index contributed by atoms with van der Waals surface area (Å²) in [5, 5.41) is 4.00. The Kier molecular flexibility index (Phi) is 3.76. The van der Waals surface area contributed by atoms with Gasteiger partial charge in [-0.15, -0.1) is 0 Å². The number of aromatic nitrogens is 1. The Morgan fingerprint density at radius 2 is 2.25 bits per heavy atom. The number of nitrogens with one attached hydrogen (secondary N) is 1. The zero-order valence-electron chi connectivity index (χ0n) is 11.1. The van der Waals surface area contributed by atoms with Crippen molar-refractivity contribution < 1.29 is 9.47 Å². The van der Waals surface area contributed by atoms with Gasteiger partial charge in [0.25, 0.3) is 0 Å². The lowest BCUT2D eigenvalue weighted by molar-refractivity contribution is 0.174. The molecule has 104 valence electrons. The van der Waals surface area contributed by atoms with Crippen LogP contribution in [-0.2, 0) is 6.54 Å². The zero-order chi connectivity index (χ0) is 13.9. The Hall–Kier alpha value is -1.78. The molecule has 5 heteroatoms. The summed E-state index contributed by atoms with van der Waals surface area (Å²) in [5.41, 5.74) is 2.07. The second kappa shape index (κ2) is 5.69. The average molecular weight is 291 g/mol. The third kappa shape index (κ3) is 2.71. The molecule has 0 unspecified atom stereocenters. The fourth-order valence-electron chi connectivity index (χ4n) is 2.13. The summed E-state index contributed by atoms with van der Waals surface area (Å²) < 4.78 is 10.7. The number of ether oxygens (including phenoxy) is 2. The van der Waals surface area contributed by atoms with Gasteiger partial charge in [-0.3, -0.25) is 4.98 Å². The van der Waals surface area contributed by atoms with Gasteiger partial charge in [0.05, 0.1) is 10.7 Å². The van der Waals surface area contributed by atoms with Crippen molar-refractivity contribution in [1.29, 1.82) is 0 Å². The van der Waals surface area contributed by atoms with Crippen molar-refractivity contribution in [3.05, 3.63) is 52.8 Å². The van der Waals surface area contributed by atoms with Crippen LogP contribution in [0.3, 0.4) is 0 Å². The molecule has 0 bridgehead atoms. The van der Waals surface area contributed by atoms with E-state index in [0.29, 0.717) is 23.1 Å². The molecule has 1 aliphatic heterocycles. The number of nitrogens with zero attached hydrogens (tertiary/aromatic N) is 1. The van der Waals surface area contributed by atoms with Crippen LogP contribution < -0.4 is 14.8 Å². The highest BCUT2D eigenvalue weighted by atomic mass is 35.5. The first-order valence-electron chi connectivity index (χ1n) is 6.46. The number of halogens is 1. The van der Waals surface area contributed by atoms with Crippen LogP contribution in [0.25, 0.3) is 0 Å². The minimum atomic E-state index is 0.167. The normalized spacial score (nSPS) is 14.3. The van der Waals surface area contributed by atoms with Crippen LogP contribution in [0.2, 0.25) is 5.02 Å². The van der Waals surface area contributed by atoms with E-state index in [1.54, 1.807) is 6.20 Å². The van der Waals surface area contributed by atoms with E-state index in [9.17, 15) is 0 Å². The number of benzene rings is 1. The highest BCUT2D eigenvalue weighted by Gasteiger charge is 2.18. The number of hydrogen-bond donors (Lipinski definition) is 1. The molecule has 0 aliphatic carbocycles. The lowest BCUT2D eigenvalue weighted by atomic mass is 10.1. The predicted octanol–water partition coefficient (Wildman–Crippen LogP) is 3.31. The van der Waals surface area contributed by atoms with Gasteiger partial charge in [0.2, 0.25) is 6.79 Å². The third-order valence-electron chi connectivity index (χ3n) is 3.23. The van der Waals surface area contributed by atoms with Gasteiger partial charge in [0.15, 0.2) is 11.5 Å². The number of fused-ring (bicyclic) bond motifs is 1. The zero-order valence-corrected chi connectivity index (χ0v) is 11.9. The Labute approximate surface area is 122 Å². The highest BCUT2D eigenvalue weighted by molar-refractivity contribution is 6.32. The van der Waals surface area contributed by atoms with E-state index in [4.69, 9.17) is 21.1 Å². The van der Waals surface area contributed by atoms with Crippen LogP contribution in [0.5, 0.6) is 11.5 Å². The number of rotatable bonds is 4. The van der Waals surface area contributed by atoms with Crippen molar-refractivity contribution >= 4 is 11.6 Å². The van der Waals surface area contributed by atoms with Gasteiger partial charge < -0.3 is 14.8 Å². The molecule has 0 radical (unpaired) electrons. The van der Waals surface area contributed by atoms with E-state index in [-0.39, 0.29) is 12.8 Å². The Balaban J connectivity index is 1.68. The Morgan fingerprint density at radius 3 is 3.05 bits per heavy atom. The first-order chi connectivity index (χ1) is 9.74. The molecule has 0 saturated heterocycles. The largest absolute Gasteiger partial charge is 0.454 e. The molecule has 0 fully saturated rings. The molecule has 20 heavy (non-hydrogen) atoms. The quantitative estimate of drug-likeness (QED) is 0.938. The summed E-state index contributed by atoms with van der Waals surface area (Å²) >= 11 is 6.16. The van der Waals surface area contributed by atoms with Crippen LogP contribution in [0.15, 0.2) is 36.5 Å². The molecular weight excluding hydrogens is 276 g/mol. The fraction of sp³-hybridized carbons (Fsp3) is 0.267. The third-order valence-corrected chi connectivity index (χ3v) is 3.51. The van der Waals surface area contributed by atoms with Gasteiger partial charge in [0, 0.05) is 18.8 Å². The standard InChI is InChI=1S/C15H15ClN2O2/c1-10(13-4-2-3-5-17-13)18-8-11-6-12(16)15-14(7-11)19-9-20-15/h2-7,10,18H,8-9H2,1H3/t10-/m1/s1. The smallest absolute Gasteiger partial charge is 0.231 e. The topological polar surface area (TPSA) is 43.4 Å². The maximum atomic E-state index is 6.16. The van der Waals surface area contributed by atoms with Gasteiger partial charge in [0.1, 0.15) is 0 Å². The van der Waals surface area contributed by atoms with Crippen LogP contribution >= 0.6 is 11.6 Å². The van der Waals surface area contributed by atoms with E-state index in [1.165, 1.54) is 0 Å². The first kappa shape index (κ1) is 13.2. The lowest BCUT2D eigenvalue weighted by Crippen LogP contribution is -2.18. The summed E-state index contributed by atoms with van der Waals surface area (Å²) in [6.45, 7) is 3.00. The van der Waals surface area contributed by atoms with Gasteiger partial charge in [-0.25, -0.2) is 0 Å². The van der Waals surface area contributed by atoms with E-state index >= 15 is 0 Å². The van der Waals surface area contributed by atoms with Crippen LogP contribution in [-0.4, -0.2) is 11.8 Å². The summed E-state index contributed by atoms with van der Waals surface area (Å²) in [6, 6.07) is 9.91. The molecule has 1 N–H and O–H groups in total. The van der Waals surface area contributed by atoms with E-state index < -0.39 is 0 Å². The van der Waals surface area contributed by atoms with E-state index in [1.807, 2.05) is 30.3 Å². The second-order valence-corrected chi connectivity index (χ2v) is 5.08. The van der Waals surface area contributed by atoms with Crippen molar-refractivity contribution in [2.75, 3.05) is 6.79 Å². The highest BCUT2D eigenvalue weighted by Crippen LogP contribution is 2.39. The molecule has 1 aliphatic rings. The Morgan fingerprint density at radius 1 is 1.35 bits per heavy atom. The van der Waals surface area contributed by atoms with Gasteiger partial charge >= 0.3 is 0 Å². The van der Waals surface area contributed by atoms with Crippen molar-refractivity contribution in [3.8, 4) is 11.5 Å². The SMILES string of the molecule is C[C@@H](NCc1cc(Cl)c2c(c1)OCO2)c1ccccn1. The summed E-state index contributed by atoms with van der Waals surface area (Å²) in [4.78, 5) is 4.33. The molecule has 1 aromatic heterocycles. The van der Waals surface area contributed by atoms with Gasteiger partial charge in [-0.2, -0.15) is 0 Å². The van der Waals surface area contributed by atoms with Crippen LogP contribution in [0.4, 0.5) is 0 Å². The van der Waals surface area contributed by atoms with Crippen molar-refractivity contribution in [2.24, 2.45) is 0 Å². The Bertz CT molecular complexity index is 604.